The molecule has 82 valence electrons. The van der Waals surface area contributed by atoms with Crippen molar-refractivity contribution in [3.05, 3.63) is 17.8 Å². The molecule has 0 spiro atoms. The normalized spacial score (nSPS) is 16.7. The average Bonchev–Trinajstić information content (AvgIpc) is 2.74. The number of ether oxygens (including phenoxy) is 1. The molecular weight excluding hydrogens is 188 g/mol. The molecule has 0 unspecified atom stereocenters. The van der Waals surface area contributed by atoms with Crippen LogP contribution in [0.15, 0.2) is 12.1 Å². The Morgan fingerprint density at radius 3 is 2.67 bits per heavy atom. The van der Waals surface area contributed by atoms with Gasteiger partial charge in [-0.1, -0.05) is 12.8 Å². The Kier molecular flexibility index (Phi) is 3.09. The summed E-state index contributed by atoms with van der Waals surface area (Å²) in [6.07, 6.45) is 5.26. The number of aromatic nitrogens is 1. The van der Waals surface area contributed by atoms with E-state index < -0.39 is 0 Å². The Morgan fingerprint density at radius 2 is 2.07 bits per heavy atom. The van der Waals surface area contributed by atoms with Crippen LogP contribution in [0.4, 0.5) is 5.69 Å². The van der Waals surface area contributed by atoms with Crippen molar-refractivity contribution in [2.24, 2.45) is 0 Å². The number of aryl methyl sites for hydroxylation is 1. The van der Waals surface area contributed by atoms with Gasteiger partial charge in [-0.25, -0.2) is 4.98 Å². The molecule has 0 radical (unpaired) electrons. The van der Waals surface area contributed by atoms with Gasteiger partial charge in [0.05, 0.1) is 18.5 Å². The molecule has 0 aromatic carbocycles. The van der Waals surface area contributed by atoms with Crippen LogP contribution < -0.4 is 10.1 Å². The molecule has 1 aliphatic rings. The van der Waals surface area contributed by atoms with Gasteiger partial charge in [-0.2, -0.15) is 0 Å². The van der Waals surface area contributed by atoms with Crippen molar-refractivity contribution in [1.82, 2.24) is 4.98 Å². The first-order valence-electron chi connectivity index (χ1n) is 5.58. The van der Waals surface area contributed by atoms with Crippen LogP contribution in [0.1, 0.15) is 31.4 Å². The fraction of sp³-hybridized carbons (Fsp3) is 0.583. The van der Waals surface area contributed by atoms with Gasteiger partial charge in [-0.05, 0) is 25.8 Å². The van der Waals surface area contributed by atoms with E-state index in [1.54, 1.807) is 7.11 Å². The predicted molar refractivity (Wildman–Crippen MR) is 61.4 cm³/mol. The van der Waals surface area contributed by atoms with Gasteiger partial charge in [0.2, 0.25) is 5.88 Å². The van der Waals surface area contributed by atoms with E-state index in [0.717, 1.165) is 11.4 Å². The largest absolute Gasteiger partial charge is 0.481 e. The highest BCUT2D eigenvalue weighted by Crippen LogP contribution is 2.24. The zero-order valence-corrected chi connectivity index (χ0v) is 9.42. The van der Waals surface area contributed by atoms with Gasteiger partial charge in [0.15, 0.2) is 0 Å². The van der Waals surface area contributed by atoms with Crippen molar-refractivity contribution < 1.29 is 4.74 Å². The second-order valence-corrected chi connectivity index (χ2v) is 4.11. The lowest BCUT2D eigenvalue weighted by Crippen LogP contribution is -2.15. The number of nitrogens with one attached hydrogen (secondary N) is 1. The summed E-state index contributed by atoms with van der Waals surface area (Å²) >= 11 is 0. The zero-order valence-electron chi connectivity index (χ0n) is 9.42. The van der Waals surface area contributed by atoms with Crippen LogP contribution in [0.25, 0.3) is 0 Å². The molecule has 1 aromatic heterocycles. The van der Waals surface area contributed by atoms with Crippen LogP contribution in [0.5, 0.6) is 5.88 Å². The Balaban J connectivity index is 2.07. The van der Waals surface area contributed by atoms with E-state index >= 15 is 0 Å². The van der Waals surface area contributed by atoms with Crippen molar-refractivity contribution in [3.8, 4) is 5.88 Å². The number of hydrogen-bond donors (Lipinski definition) is 1. The number of pyridine rings is 1. The lowest BCUT2D eigenvalue weighted by atomic mass is 10.2. The van der Waals surface area contributed by atoms with Crippen LogP contribution in [0.2, 0.25) is 0 Å². The molecule has 0 saturated heterocycles. The summed E-state index contributed by atoms with van der Waals surface area (Å²) in [5.41, 5.74) is 2.16. The zero-order chi connectivity index (χ0) is 10.7. The van der Waals surface area contributed by atoms with Gasteiger partial charge in [0.1, 0.15) is 0 Å². The Labute approximate surface area is 90.9 Å². The first kappa shape index (κ1) is 10.3. The van der Waals surface area contributed by atoms with Crippen molar-refractivity contribution in [2.45, 2.75) is 38.6 Å². The summed E-state index contributed by atoms with van der Waals surface area (Å²) in [6, 6.07) is 4.60. The molecule has 1 saturated carbocycles. The molecule has 1 aliphatic carbocycles. The van der Waals surface area contributed by atoms with Gasteiger partial charge in [-0.3, -0.25) is 0 Å². The summed E-state index contributed by atoms with van der Waals surface area (Å²) in [4.78, 5) is 4.35. The highest BCUT2D eigenvalue weighted by molar-refractivity contribution is 5.49. The van der Waals surface area contributed by atoms with Gasteiger partial charge in [0.25, 0.3) is 0 Å². The number of rotatable bonds is 3. The third-order valence-electron chi connectivity index (χ3n) is 2.98. The molecule has 0 bridgehead atoms. The molecule has 0 aliphatic heterocycles. The molecule has 15 heavy (non-hydrogen) atoms. The Bertz CT molecular complexity index is 332. The van der Waals surface area contributed by atoms with E-state index in [0.29, 0.717) is 11.9 Å². The minimum absolute atomic E-state index is 0.638. The Hall–Kier alpha value is -1.25. The van der Waals surface area contributed by atoms with Crippen molar-refractivity contribution >= 4 is 5.69 Å². The highest BCUT2D eigenvalue weighted by Gasteiger charge is 2.15. The summed E-state index contributed by atoms with van der Waals surface area (Å²) in [5, 5.41) is 3.54. The number of methoxy groups -OCH3 is 1. The van der Waals surface area contributed by atoms with Crippen LogP contribution >= 0.6 is 0 Å². The topological polar surface area (TPSA) is 34.1 Å². The van der Waals surface area contributed by atoms with E-state index in [-0.39, 0.29) is 0 Å². The van der Waals surface area contributed by atoms with Crippen LogP contribution in [-0.2, 0) is 0 Å². The molecule has 1 fully saturated rings. The van der Waals surface area contributed by atoms with E-state index in [1.807, 2.05) is 13.0 Å². The van der Waals surface area contributed by atoms with Crippen LogP contribution in [-0.4, -0.2) is 18.1 Å². The number of nitrogens with zero attached hydrogens (tertiary/aromatic N) is 1. The SMILES string of the molecule is COc1ccc(NC2CCCC2)c(C)n1. The first-order valence-corrected chi connectivity index (χ1v) is 5.58. The van der Waals surface area contributed by atoms with Crippen molar-refractivity contribution in [1.29, 1.82) is 0 Å². The second kappa shape index (κ2) is 4.51. The predicted octanol–water partition coefficient (Wildman–Crippen LogP) is 2.75. The maximum Gasteiger partial charge on any atom is 0.213 e. The third-order valence-corrected chi connectivity index (χ3v) is 2.98. The van der Waals surface area contributed by atoms with Crippen molar-refractivity contribution in [2.75, 3.05) is 12.4 Å². The molecule has 0 atom stereocenters. The van der Waals surface area contributed by atoms with E-state index in [2.05, 4.69) is 16.4 Å². The van der Waals surface area contributed by atoms with E-state index in [1.165, 1.54) is 25.7 Å². The van der Waals surface area contributed by atoms with Crippen molar-refractivity contribution in [3.63, 3.8) is 0 Å². The average molecular weight is 206 g/mol. The van der Waals surface area contributed by atoms with E-state index in [4.69, 9.17) is 4.74 Å². The minimum atomic E-state index is 0.638. The van der Waals surface area contributed by atoms with Gasteiger partial charge >= 0.3 is 0 Å². The summed E-state index contributed by atoms with van der Waals surface area (Å²) in [5.74, 6) is 0.685. The second-order valence-electron chi connectivity index (χ2n) is 4.11. The number of hydrogen-bond acceptors (Lipinski definition) is 3. The van der Waals surface area contributed by atoms with Gasteiger partial charge in [-0.15, -0.1) is 0 Å². The molecule has 2 rings (SSSR count). The lowest BCUT2D eigenvalue weighted by Gasteiger charge is -2.15. The molecule has 0 amide bonds. The molecule has 1 aromatic rings. The maximum absolute atomic E-state index is 5.08. The third kappa shape index (κ3) is 2.41. The monoisotopic (exact) mass is 206 g/mol. The molecule has 1 heterocycles. The lowest BCUT2D eigenvalue weighted by molar-refractivity contribution is 0.397. The molecule has 3 heteroatoms. The molecule has 1 N–H and O–H groups in total. The fourth-order valence-electron chi connectivity index (χ4n) is 2.09. The van der Waals surface area contributed by atoms with E-state index in [9.17, 15) is 0 Å². The first-order chi connectivity index (χ1) is 7.29. The Morgan fingerprint density at radius 1 is 1.33 bits per heavy atom. The highest BCUT2D eigenvalue weighted by atomic mass is 16.5. The number of anilines is 1. The van der Waals surface area contributed by atoms with Gasteiger partial charge in [0, 0.05) is 12.1 Å². The minimum Gasteiger partial charge on any atom is -0.481 e. The summed E-state index contributed by atoms with van der Waals surface area (Å²) < 4.78 is 5.08. The van der Waals surface area contributed by atoms with Crippen LogP contribution in [0, 0.1) is 6.92 Å². The maximum atomic E-state index is 5.08. The standard InChI is InChI=1S/C12H18N2O/c1-9-11(7-8-12(13-9)15-2)14-10-5-3-4-6-10/h7-8,10,14H,3-6H2,1-2H3. The fourth-order valence-corrected chi connectivity index (χ4v) is 2.09. The van der Waals surface area contributed by atoms with Gasteiger partial charge < -0.3 is 10.1 Å². The smallest absolute Gasteiger partial charge is 0.213 e. The van der Waals surface area contributed by atoms with Crippen LogP contribution in [0.3, 0.4) is 0 Å². The molecule has 3 nitrogen and oxygen atoms in total. The summed E-state index contributed by atoms with van der Waals surface area (Å²) in [7, 11) is 1.64. The quantitative estimate of drug-likeness (QED) is 0.825. The molecular formula is C12H18N2O. The summed E-state index contributed by atoms with van der Waals surface area (Å²) in [6.45, 7) is 2.01.